The summed E-state index contributed by atoms with van der Waals surface area (Å²) in [5, 5.41) is 2.42. The van der Waals surface area contributed by atoms with Gasteiger partial charge in [-0.3, -0.25) is 9.80 Å². The minimum absolute atomic E-state index is 0.606. The second kappa shape index (κ2) is 15.0. The first-order chi connectivity index (χ1) is 25.4. The van der Waals surface area contributed by atoms with E-state index >= 15 is 0 Å². The third-order valence-corrected chi connectivity index (χ3v) is 12.1. The van der Waals surface area contributed by atoms with E-state index in [9.17, 15) is 0 Å². The summed E-state index contributed by atoms with van der Waals surface area (Å²) in [6.07, 6.45) is 6.46. The van der Waals surface area contributed by atoms with Crippen LogP contribution < -0.4 is 18.6 Å². The summed E-state index contributed by atoms with van der Waals surface area (Å²) in [4.78, 5) is 5.03. The molecule has 2 fully saturated rings. The summed E-state index contributed by atoms with van der Waals surface area (Å²) in [5.74, 6) is 5.68. The van der Waals surface area contributed by atoms with Gasteiger partial charge in [-0.05, 0) is 61.4 Å². The van der Waals surface area contributed by atoms with Crippen molar-refractivity contribution in [3.63, 3.8) is 0 Å². The minimum Gasteiger partial charge on any atom is -0.661 e. The van der Waals surface area contributed by atoms with Gasteiger partial charge in [0, 0.05) is 38.8 Å². The molecule has 6 heterocycles. The molecular weight excluding hydrogens is 740 g/mol. The lowest BCUT2D eigenvalue weighted by Crippen LogP contribution is -2.86. The van der Waals surface area contributed by atoms with E-state index in [1.807, 2.05) is 72.8 Å². The topological polar surface area (TPSA) is 49.4 Å². The molecule has 0 saturated carbocycles. The van der Waals surface area contributed by atoms with Crippen LogP contribution >= 0.6 is 46.4 Å². The predicted molar refractivity (Wildman–Crippen MR) is 211 cm³/mol. The first-order valence-corrected chi connectivity index (χ1v) is 19.7. The second-order valence-corrected chi connectivity index (χ2v) is 15.4. The van der Waals surface area contributed by atoms with Crippen molar-refractivity contribution < 1.29 is 27.6 Å². The van der Waals surface area contributed by atoms with Crippen molar-refractivity contribution in [2.45, 2.75) is 38.5 Å². The van der Waals surface area contributed by atoms with E-state index in [1.165, 1.54) is 11.7 Å². The van der Waals surface area contributed by atoms with Crippen LogP contribution in [-0.4, -0.2) is 82.9 Å². The fraction of sp³-hybridized carbons (Fsp3) is 0.316. The Kier molecular flexibility index (Phi) is 10.2. The number of rotatable bonds is 3. The van der Waals surface area contributed by atoms with E-state index in [4.69, 9.17) is 65.0 Å². The molecule has 2 saturated heterocycles. The van der Waals surface area contributed by atoms with E-state index in [0.29, 0.717) is 20.1 Å². The molecule has 0 unspecified atom stereocenters. The molecule has 14 heteroatoms. The highest BCUT2D eigenvalue weighted by Crippen LogP contribution is 2.48. The van der Waals surface area contributed by atoms with Crippen molar-refractivity contribution >= 4 is 71.2 Å². The molecule has 0 aliphatic carbocycles. The summed E-state index contributed by atoms with van der Waals surface area (Å²) >= 11 is 22.3. The van der Waals surface area contributed by atoms with Crippen LogP contribution in [0.4, 0.5) is 0 Å². The first-order valence-electron chi connectivity index (χ1n) is 18.2. The third kappa shape index (κ3) is 6.46. The van der Waals surface area contributed by atoms with Crippen LogP contribution in [0, 0.1) is 0 Å². The molecule has 10 rings (SSSR count). The molecule has 0 radical (unpaired) electrons. The summed E-state index contributed by atoms with van der Waals surface area (Å²) in [5.41, 5.74) is 0. The van der Waals surface area contributed by atoms with Crippen molar-refractivity contribution in [3.05, 3.63) is 117 Å². The number of benzene rings is 4. The molecule has 52 heavy (non-hydrogen) atoms. The largest absolute Gasteiger partial charge is 0.661 e. The van der Waals surface area contributed by atoms with Crippen molar-refractivity contribution in [1.29, 1.82) is 0 Å². The molecule has 0 atom stereocenters. The number of nitrogens with zero attached hydrogens (tertiary/aromatic N) is 4. The molecule has 8 nitrogen and oxygen atoms in total. The van der Waals surface area contributed by atoms with Gasteiger partial charge in [0.1, 0.15) is 23.0 Å². The molecule has 6 aliphatic heterocycles. The molecular formula is C38H40B2Cl4N4O4. The van der Waals surface area contributed by atoms with Gasteiger partial charge in [-0.1, -0.05) is 94.9 Å². The van der Waals surface area contributed by atoms with Gasteiger partial charge < -0.3 is 27.6 Å². The molecule has 0 bridgehead atoms. The average molecular weight is 780 g/mol. The maximum atomic E-state index is 7.09. The van der Waals surface area contributed by atoms with Gasteiger partial charge in [0.05, 0.1) is 46.3 Å². The van der Waals surface area contributed by atoms with Crippen LogP contribution in [-0.2, 0) is 0 Å². The summed E-state index contributed by atoms with van der Waals surface area (Å²) in [6.45, 7) is 1.57. The summed E-state index contributed by atoms with van der Waals surface area (Å²) < 4.78 is 33.2. The Labute approximate surface area is 325 Å². The van der Waals surface area contributed by atoms with E-state index in [1.54, 1.807) is 24.3 Å². The third-order valence-electron chi connectivity index (χ3n) is 10.6. The molecule has 0 N–H and O–H groups in total. The number of para-hydroxylation sites is 4. The fourth-order valence-electron chi connectivity index (χ4n) is 8.46. The first kappa shape index (κ1) is 35.3. The number of fused-ring (bicyclic) bond motifs is 4. The molecule has 4 aromatic carbocycles. The molecule has 0 aromatic heterocycles. The Morgan fingerprint density at radius 1 is 0.423 bits per heavy atom. The molecule has 0 spiro atoms. The smallest absolute Gasteiger partial charge is 0.539 e. The lowest BCUT2D eigenvalue weighted by atomic mass is 9.26. The zero-order valence-corrected chi connectivity index (χ0v) is 31.8. The zero-order valence-electron chi connectivity index (χ0n) is 28.8. The highest BCUT2D eigenvalue weighted by Gasteiger charge is 2.73. The van der Waals surface area contributed by atoms with Crippen LogP contribution in [0.25, 0.3) is 0 Å². The van der Waals surface area contributed by atoms with Crippen molar-refractivity contribution in [1.82, 2.24) is 9.80 Å². The van der Waals surface area contributed by atoms with Gasteiger partial charge in [0.2, 0.25) is 11.7 Å². The predicted octanol–water partition coefficient (Wildman–Crippen LogP) is 8.69. The van der Waals surface area contributed by atoms with Crippen molar-refractivity contribution in [2.75, 3.05) is 39.3 Å². The second-order valence-electron chi connectivity index (χ2n) is 13.8. The Hall–Kier alpha value is -3.69. The monoisotopic (exact) mass is 778 g/mol. The van der Waals surface area contributed by atoms with Gasteiger partial charge in [-0.15, -0.1) is 0 Å². The van der Waals surface area contributed by atoms with Crippen LogP contribution in [0.5, 0.6) is 23.0 Å². The standard InChI is InChI=1S/C26H32B2N4O4.2C6H4Cl2/c1-2-10-22-21(9-1)33-27(34-22,31-19-7-17-29-15-5-13-25(29)31)28(35-23-11-3-4-12-24(23)36-28)32-20-8-18-30-16-6-14-26(30)32;2*7-5-3-1-2-4-6(5)8/h1-4,9-12H,5-8,13-20H2;2*1-4H. The van der Waals surface area contributed by atoms with Gasteiger partial charge >= 0.3 is 13.2 Å². The highest BCUT2D eigenvalue weighted by molar-refractivity contribution is 7.26. The van der Waals surface area contributed by atoms with Crippen LogP contribution in [0.15, 0.2) is 97.1 Å². The normalized spacial score (nSPS) is 20.1. The van der Waals surface area contributed by atoms with Crippen molar-refractivity contribution in [3.8, 4) is 23.0 Å². The van der Waals surface area contributed by atoms with E-state index in [0.717, 1.165) is 101 Å². The SMILES string of the molecule is Clc1ccccc1Cl.Clc1ccccc1Cl.c1ccc2c(c1)O[B-]([N+]1=C3CCCN3CCC1)([B-]1([N+]3=C4CCCN4CCC3)Oc3ccccc3O1)O2. The van der Waals surface area contributed by atoms with E-state index in [2.05, 4.69) is 18.8 Å². The van der Waals surface area contributed by atoms with Gasteiger partial charge in [0.15, 0.2) is 0 Å². The van der Waals surface area contributed by atoms with Crippen LogP contribution in [0.1, 0.15) is 38.5 Å². The molecule has 6 aliphatic rings. The van der Waals surface area contributed by atoms with Crippen molar-refractivity contribution in [2.24, 2.45) is 0 Å². The van der Waals surface area contributed by atoms with E-state index in [-0.39, 0.29) is 0 Å². The number of hydrogen-bond acceptors (Lipinski definition) is 6. The Bertz CT molecular complexity index is 1800. The summed E-state index contributed by atoms with van der Waals surface area (Å²) in [7, 11) is 0. The average Bonchev–Trinajstić information content (AvgIpc) is 3.99. The molecule has 0 amide bonds. The highest BCUT2D eigenvalue weighted by atomic mass is 35.5. The number of amidine groups is 2. The van der Waals surface area contributed by atoms with E-state index < -0.39 is 13.2 Å². The maximum absolute atomic E-state index is 7.09. The Morgan fingerprint density at radius 2 is 0.712 bits per heavy atom. The van der Waals surface area contributed by atoms with Crippen LogP contribution in [0.3, 0.4) is 0 Å². The zero-order chi connectivity index (χ0) is 35.7. The minimum atomic E-state index is -2.25. The quantitative estimate of drug-likeness (QED) is 0.194. The maximum Gasteiger partial charge on any atom is 0.539 e. The lowest BCUT2D eigenvalue weighted by molar-refractivity contribution is -0.470. The van der Waals surface area contributed by atoms with Gasteiger partial charge in [0.25, 0.3) is 0 Å². The molecule has 270 valence electrons. The fourth-order valence-corrected chi connectivity index (χ4v) is 9.00. The van der Waals surface area contributed by atoms with Crippen LogP contribution in [0.2, 0.25) is 20.1 Å². The number of hydrogen-bond donors (Lipinski definition) is 0. The number of halogens is 4. The summed E-state index contributed by atoms with van der Waals surface area (Å²) in [6, 6.07) is 30.5. The molecule has 4 aromatic rings. The Balaban J connectivity index is 0.000000200. The Morgan fingerprint density at radius 3 is 1.02 bits per heavy atom. The van der Waals surface area contributed by atoms with Gasteiger partial charge in [-0.2, -0.15) is 0 Å². The van der Waals surface area contributed by atoms with Gasteiger partial charge in [-0.25, -0.2) is 0 Å². The lowest BCUT2D eigenvalue weighted by Gasteiger charge is -2.53.